The van der Waals surface area contributed by atoms with Crippen LogP contribution < -0.4 is 5.56 Å². The Bertz CT molecular complexity index is 1460. The third kappa shape index (κ3) is 3.00. The summed E-state index contributed by atoms with van der Waals surface area (Å²) in [5, 5.41) is 9.87. The van der Waals surface area contributed by atoms with Crippen LogP contribution in [0.2, 0.25) is 0 Å². The zero-order valence-corrected chi connectivity index (χ0v) is 17.6. The van der Waals surface area contributed by atoms with Crippen molar-refractivity contribution < 1.29 is 4.42 Å². The predicted molar refractivity (Wildman–Crippen MR) is 117 cm³/mol. The minimum absolute atomic E-state index is 0.0864. The van der Waals surface area contributed by atoms with E-state index in [0.717, 1.165) is 22.3 Å². The number of fused-ring (bicyclic) bond motifs is 3. The van der Waals surface area contributed by atoms with Crippen LogP contribution in [0.3, 0.4) is 0 Å². The van der Waals surface area contributed by atoms with Crippen LogP contribution in [0.25, 0.3) is 28.1 Å². The molecular weight excluding hydrogens is 398 g/mol. The van der Waals surface area contributed by atoms with Crippen LogP contribution in [0.15, 0.2) is 63.1 Å². The molecule has 7 nitrogen and oxygen atoms in total. The second kappa shape index (κ2) is 7.14. The third-order valence-electron chi connectivity index (χ3n) is 5.11. The molecule has 0 unspecified atom stereocenters. The fraction of sp³-hybridized carbons (Fsp3) is 0.182. The molecule has 0 N–H and O–H groups in total. The molecule has 5 rings (SSSR count). The van der Waals surface area contributed by atoms with Gasteiger partial charge in [0, 0.05) is 18.4 Å². The molecule has 8 heteroatoms. The average molecular weight is 417 g/mol. The van der Waals surface area contributed by atoms with E-state index in [1.165, 1.54) is 21.9 Å². The lowest BCUT2D eigenvalue weighted by molar-refractivity contribution is 0.573. The summed E-state index contributed by atoms with van der Waals surface area (Å²) >= 11 is 1.51. The molecule has 150 valence electrons. The number of benzene rings is 2. The summed E-state index contributed by atoms with van der Waals surface area (Å²) in [7, 11) is 1.71. The van der Waals surface area contributed by atoms with Crippen molar-refractivity contribution in [1.82, 2.24) is 24.1 Å². The number of nitrogens with zero attached hydrogens (tertiary/aromatic N) is 5. The normalized spacial score (nSPS) is 11.6. The van der Waals surface area contributed by atoms with E-state index < -0.39 is 0 Å². The van der Waals surface area contributed by atoms with E-state index in [1.54, 1.807) is 13.3 Å². The molecule has 2 aromatic carbocycles. The summed E-state index contributed by atoms with van der Waals surface area (Å²) in [5.41, 5.74) is 4.85. The lowest BCUT2D eigenvalue weighted by atomic mass is 10.1. The fourth-order valence-electron chi connectivity index (χ4n) is 3.59. The number of hydrogen-bond acceptors (Lipinski definition) is 6. The average Bonchev–Trinajstić information content (AvgIpc) is 3.38. The van der Waals surface area contributed by atoms with Gasteiger partial charge in [0.2, 0.25) is 11.7 Å². The van der Waals surface area contributed by atoms with Crippen LogP contribution in [0, 0.1) is 13.8 Å². The lowest BCUT2D eigenvalue weighted by Gasteiger charge is -2.07. The van der Waals surface area contributed by atoms with Gasteiger partial charge in [0.1, 0.15) is 6.26 Å². The van der Waals surface area contributed by atoms with Gasteiger partial charge in [-0.25, -0.2) is 4.98 Å². The Morgan fingerprint density at radius 3 is 2.77 bits per heavy atom. The summed E-state index contributed by atoms with van der Waals surface area (Å²) in [4.78, 5) is 17.2. The van der Waals surface area contributed by atoms with Crippen molar-refractivity contribution in [2.75, 3.05) is 0 Å². The van der Waals surface area contributed by atoms with Crippen LogP contribution in [0.5, 0.6) is 0 Å². The van der Waals surface area contributed by atoms with Crippen LogP contribution >= 0.6 is 11.8 Å². The monoisotopic (exact) mass is 417 g/mol. The quantitative estimate of drug-likeness (QED) is 0.409. The standard InChI is InChI=1S/C22H19N5O2S/c1-13-8-9-16(14(2)10-13)19-23-15(11-29-19)12-30-22-25-24-21-26(3)20(28)17-6-4-5-7-18(17)27(21)22/h4-11H,12H2,1-3H3. The molecule has 0 amide bonds. The molecule has 0 saturated carbocycles. The fourth-order valence-corrected chi connectivity index (χ4v) is 4.41. The van der Waals surface area contributed by atoms with Gasteiger partial charge in [-0.2, -0.15) is 0 Å². The second-order valence-corrected chi connectivity index (χ2v) is 8.19. The maximum absolute atomic E-state index is 12.6. The number of aryl methyl sites for hydroxylation is 3. The molecule has 0 saturated heterocycles. The van der Waals surface area contributed by atoms with E-state index in [4.69, 9.17) is 4.42 Å². The molecule has 0 radical (unpaired) electrons. The Hall–Kier alpha value is -3.39. The van der Waals surface area contributed by atoms with Crippen molar-refractivity contribution in [3.05, 3.63) is 75.9 Å². The molecule has 3 aromatic heterocycles. The van der Waals surface area contributed by atoms with Crippen LogP contribution in [-0.4, -0.2) is 24.1 Å². The first-order valence-corrected chi connectivity index (χ1v) is 10.5. The molecule has 0 aliphatic rings. The lowest BCUT2D eigenvalue weighted by Crippen LogP contribution is -2.20. The Morgan fingerprint density at radius 2 is 1.93 bits per heavy atom. The van der Waals surface area contributed by atoms with Gasteiger partial charge >= 0.3 is 0 Å². The number of aromatic nitrogens is 5. The van der Waals surface area contributed by atoms with Crippen molar-refractivity contribution in [2.24, 2.45) is 7.05 Å². The van der Waals surface area contributed by atoms with Gasteiger partial charge in [0.25, 0.3) is 5.56 Å². The van der Waals surface area contributed by atoms with Gasteiger partial charge in [-0.05, 0) is 37.6 Å². The van der Waals surface area contributed by atoms with Crippen molar-refractivity contribution in [3.8, 4) is 11.5 Å². The van der Waals surface area contributed by atoms with Crippen molar-refractivity contribution in [3.63, 3.8) is 0 Å². The van der Waals surface area contributed by atoms with Crippen molar-refractivity contribution in [1.29, 1.82) is 0 Å². The predicted octanol–water partition coefficient (Wildman–Crippen LogP) is 4.15. The smallest absolute Gasteiger partial charge is 0.262 e. The highest BCUT2D eigenvalue weighted by atomic mass is 32.2. The number of oxazole rings is 1. The number of rotatable bonds is 4. The molecule has 30 heavy (non-hydrogen) atoms. The Kier molecular flexibility index (Phi) is 4.43. The molecule has 0 spiro atoms. The van der Waals surface area contributed by atoms with Gasteiger partial charge in [-0.1, -0.05) is 41.6 Å². The van der Waals surface area contributed by atoms with E-state index in [2.05, 4.69) is 41.2 Å². The van der Waals surface area contributed by atoms with Gasteiger partial charge in [-0.15, -0.1) is 10.2 Å². The molecule has 0 atom stereocenters. The van der Waals surface area contributed by atoms with Gasteiger partial charge < -0.3 is 4.42 Å². The molecule has 0 bridgehead atoms. The van der Waals surface area contributed by atoms with Crippen LogP contribution in [0.1, 0.15) is 16.8 Å². The molecular formula is C22H19N5O2S. The summed E-state index contributed by atoms with van der Waals surface area (Å²) in [6.07, 6.45) is 1.68. The maximum Gasteiger partial charge on any atom is 0.262 e. The van der Waals surface area contributed by atoms with E-state index in [9.17, 15) is 4.79 Å². The highest BCUT2D eigenvalue weighted by molar-refractivity contribution is 7.98. The van der Waals surface area contributed by atoms with Gasteiger partial charge in [0.05, 0.1) is 16.6 Å². The zero-order chi connectivity index (χ0) is 20.8. The molecule has 3 heterocycles. The van der Waals surface area contributed by atoms with E-state index in [0.29, 0.717) is 28.0 Å². The highest BCUT2D eigenvalue weighted by Crippen LogP contribution is 2.27. The maximum atomic E-state index is 12.6. The van der Waals surface area contributed by atoms with E-state index >= 15 is 0 Å². The molecule has 0 aliphatic heterocycles. The number of thioether (sulfide) groups is 1. The largest absolute Gasteiger partial charge is 0.444 e. The van der Waals surface area contributed by atoms with Crippen molar-refractivity contribution >= 4 is 28.4 Å². The van der Waals surface area contributed by atoms with Gasteiger partial charge in [-0.3, -0.25) is 13.8 Å². The second-order valence-electron chi connectivity index (χ2n) is 7.25. The Morgan fingerprint density at radius 1 is 1.10 bits per heavy atom. The van der Waals surface area contributed by atoms with E-state index in [-0.39, 0.29) is 5.56 Å². The topological polar surface area (TPSA) is 78.2 Å². The SMILES string of the molecule is Cc1ccc(-c2nc(CSc3nnc4n(C)c(=O)c5ccccc5n34)co2)c(C)c1. The van der Waals surface area contributed by atoms with Crippen LogP contribution in [-0.2, 0) is 12.8 Å². The Labute approximate surface area is 176 Å². The first kappa shape index (κ1) is 18.6. The summed E-state index contributed by atoms with van der Waals surface area (Å²) in [6, 6.07) is 13.7. The first-order valence-electron chi connectivity index (χ1n) is 9.50. The summed E-state index contributed by atoms with van der Waals surface area (Å²) < 4.78 is 9.15. The number of hydrogen-bond donors (Lipinski definition) is 0. The minimum atomic E-state index is -0.0864. The summed E-state index contributed by atoms with van der Waals surface area (Å²) in [5.74, 6) is 1.70. The number of para-hydroxylation sites is 1. The highest BCUT2D eigenvalue weighted by Gasteiger charge is 2.16. The molecule has 5 aromatic rings. The third-order valence-corrected chi connectivity index (χ3v) is 6.07. The molecule has 0 fully saturated rings. The zero-order valence-electron chi connectivity index (χ0n) is 16.8. The first-order chi connectivity index (χ1) is 14.5. The molecule has 0 aliphatic carbocycles. The summed E-state index contributed by atoms with van der Waals surface area (Å²) in [6.45, 7) is 4.12. The van der Waals surface area contributed by atoms with Gasteiger partial charge in [0.15, 0.2) is 5.16 Å². The Balaban J connectivity index is 1.48. The minimum Gasteiger partial charge on any atom is -0.444 e. The van der Waals surface area contributed by atoms with Crippen molar-refractivity contribution in [2.45, 2.75) is 24.8 Å². The van der Waals surface area contributed by atoms with Crippen LogP contribution in [0.4, 0.5) is 0 Å². The van der Waals surface area contributed by atoms with E-state index in [1.807, 2.05) is 34.7 Å².